The number of hydrogen-bond donors (Lipinski definition) is 0. The minimum Gasteiger partial charge on any atom is -0.336 e. The highest BCUT2D eigenvalue weighted by Gasteiger charge is 2.29. The Morgan fingerprint density at radius 1 is 0.714 bits per heavy atom. The molecule has 1 heterocycles. The molecule has 1 aliphatic heterocycles. The van der Waals surface area contributed by atoms with Crippen LogP contribution in [0, 0.1) is 5.82 Å². The van der Waals surface area contributed by atoms with Gasteiger partial charge in [-0.15, -0.1) is 0 Å². The highest BCUT2D eigenvalue weighted by atomic mass is 19.1. The van der Waals surface area contributed by atoms with Gasteiger partial charge in [0, 0.05) is 26.2 Å². The Bertz CT molecular complexity index is 882. The number of benzene rings is 3. The minimum absolute atomic E-state index is 0.146. The van der Waals surface area contributed by atoms with Gasteiger partial charge < -0.3 is 4.90 Å². The summed E-state index contributed by atoms with van der Waals surface area (Å²) in [5.41, 5.74) is 2.63. The van der Waals surface area contributed by atoms with Gasteiger partial charge in [-0.3, -0.25) is 9.69 Å². The largest absolute Gasteiger partial charge is 0.336 e. The van der Waals surface area contributed by atoms with E-state index in [9.17, 15) is 9.18 Å². The third-order valence-corrected chi connectivity index (χ3v) is 5.30. The number of nitrogens with zero attached hydrogens (tertiary/aromatic N) is 2. The maximum atomic E-state index is 14.0. The molecule has 0 spiro atoms. The fourth-order valence-corrected chi connectivity index (χ4v) is 3.87. The second kappa shape index (κ2) is 8.36. The lowest BCUT2D eigenvalue weighted by Gasteiger charge is -2.39. The Morgan fingerprint density at radius 2 is 1.21 bits per heavy atom. The van der Waals surface area contributed by atoms with Gasteiger partial charge >= 0.3 is 0 Å². The maximum Gasteiger partial charge on any atom is 0.256 e. The molecule has 0 aliphatic carbocycles. The Hall–Kier alpha value is -2.98. The van der Waals surface area contributed by atoms with Crippen molar-refractivity contribution in [3.05, 3.63) is 107 Å². The predicted molar refractivity (Wildman–Crippen MR) is 109 cm³/mol. The molecule has 0 bridgehead atoms. The summed E-state index contributed by atoms with van der Waals surface area (Å²) in [6.07, 6.45) is 0. The highest BCUT2D eigenvalue weighted by Crippen LogP contribution is 2.29. The molecule has 0 radical (unpaired) electrons. The predicted octanol–water partition coefficient (Wildman–Crippen LogP) is 4.37. The smallest absolute Gasteiger partial charge is 0.256 e. The summed E-state index contributed by atoms with van der Waals surface area (Å²) in [6, 6.07) is 27.2. The van der Waals surface area contributed by atoms with Gasteiger partial charge in [0.15, 0.2) is 0 Å². The molecule has 0 atom stereocenters. The van der Waals surface area contributed by atoms with Crippen LogP contribution in [-0.2, 0) is 0 Å². The van der Waals surface area contributed by atoms with E-state index in [1.165, 1.54) is 17.2 Å². The fourth-order valence-electron chi connectivity index (χ4n) is 3.87. The van der Waals surface area contributed by atoms with E-state index in [2.05, 4.69) is 53.4 Å². The van der Waals surface area contributed by atoms with Crippen LogP contribution >= 0.6 is 0 Å². The summed E-state index contributed by atoms with van der Waals surface area (Å²) in [7, 11) is 0. The molecule has 28 heavy (non-hydrogen) atoms. The molecule has 1 fully saturated rings. The number of halogens is 1. The number of rotatable bonds is 4. The summed E-state index contributed by atoms with van der Waals surface area (Å²) >= 11 is 0. The number of carbonyl (C=O) groups excluding carboxylic acids is 1. The fraction of sp³-hybridized carbons (Fsp3) is 0.208. The van der Waals surface area contributed by atoms with E-state index in [0.29, 0.717) is 13.1 Å². The summed E-state index contributed by atoms with van der Waals surface area (Å²) in [6.45, 7) is 2.66. The summed E-state index contributed by atoms with van der Waals surface area (Å²) in [4.78, 5) is 16.9. The first kappa shape index (κ1) is 18.4. The first-order valence-electron chi connectivity index (χ1n) is 9.62. The molecular weight excluding hydrogens is 351 g/mol. The van der Waals surface area contributed by atoms with E-state index < -0.39 is 5.82 Å². The van der Waals surface area contributed by atoms with Crippen LogP contribution in [0.3, 0.4) is 0 Å². The molecule has 3 aromatic rings. The van der Waals surface area contributed by atoms with Gasteiger partial charge in [0.1, 0.15) is 5.82 Å². The van der Waals surface area contributed by atoms with Crippen LogP contribution in [0.4, 0.5) is 4.39 Å². The summed E-state index contributed by atoms with van der Waals surface area (Å²) in [5.74, 6) is -0.685. The van der Waals surface area contributed by atoms with Crippen LogP contribution in [0.25, 0.3) is 0 Å². The number of carbonyl (C=O) groups is 1. The van der Waals surface area contributed by atoms with E-state index >= 15 is 0 Å². The quantitative estimate of drug-likeness (QED) is 0.677. The third-order valence-electron chi connectivity index (χ3n) is 5.30. The second-order valence-electron chi connectivity index (χ2n) is 7.03. The molecule has 1 saturated heterocycles. The Kier molecular flexibility index (Phi) is 5.49. The standard InChI is InChI=1S/C24H23FN2O/c25-22-14-8-7-13-21(22)24(28)27-17-15-26(16-18-27)23(19-9-3-1-4-10-19)20-11-5-2-6-12-20/h1-14,23H,15-18H2. The Balaban J connectivity index is 1.52. The van der Waals surface area contributed by atoms with Crippen molar-refractivity contribution in [3.63, 3.8) is 0 Å². The molecular formula is C24H23FN2O. The lowest BCUT2D eigenvalue weighted by Crippen LogP contribution is -2.50. The van der Waals surface area contributed by atoms with Crippen LogP contribution in [-0.4, -0.2) is 41.9 Å². The topological polar surface area (TPSA) is 23.6 Å². The van der Waals surface area contributed by atoms with Crippen LogP contribution < -0.4 is 0 Å². The molecule has 4 rings (SSSR count). The van der Waals surface area contributed by atoms with Crippen molar-refractivity contribution in [2.45, 2.75) is 6.04 Å². The minimum atomic E-state index is -0.457. The van der Waals surface area contributed by atoms with Crippen molar-refractivity contribution in [1.29, 1.82) is 0 Å². The Labute approximate surface area is 165 Å². The zero-order chi connectivity index (χ0) is 19.3. The Morgan fingerprint density at radius 3 is 1.75 bits per heavy atom. The molecule has 1 aliphatic rings. The van der Waals surface area contributed by atoms with Gasteiger partial charge in [-0.1, -0.05) is 72.8 Å². The zero-order valence-electron chi connectivity index (χ0n) is 15.7. The van der Waals surface area contributed by atoms with Gasteiger partial charge in [0.25, 0.3) is 5.91 Å². The normalized spacial score (nSPS) is 15.0. The van der Waals surface area contributed by atoms with Gasteiger partial charge in [-0.2, -0.15) is 0 Å². The molecule has 0 aromatic heterocycles. The SMILES string of the molecule is O=C(c1ccccc1F)N1CCN(C(c2ccccc2)c2ccccc2)CC1. The van der Waals surface area contributed by atoms with Gasteiger partial charge in [0.2, 0.25) is 0 Å². The van der Waals surface area contributed by atoms with Crippen LogP contribution in [0.1, 0.15) is 27.5 Å². The second-order valence-corrected chi connectivity index (χ2v) is 7.03. The molecule has 0 saturated carbocycles. The van der Waals surface area contributed by atoms with Crippen LogP contribution in [0.5, 0.6) is 0 Å². The van der Waals surface area contributed by atoms with E-state index in [1.807, 2.05) is 12.1 Å². The van der Waals surface area contributed by atoms with E-state index in [4.69, 9.17) is 0 Å². The summed E-state index contributed by atoms with van der Waals surface area (Å²) in [5, 5.41) is 0. The monoisotopic (exact) mass is 374 g/mol. The average Bonchev–Trinajstić information content (AvgIpc) is 2.76. The molecule has 0 unspecified atom stereocenters. The van der Waals surface area contributed by atoms with Crippen molar-refractivity contribution >= 4 is 5.91 Å². The lowest BCUT2D eigenvalue weighted by molar-refractivity contribution is 0.0593. The lowest BCUT2D eigenvalue weighted by atomic mass is 9.96. The van der Waals surface area contributed by atoms with E-state index in [-0.39, 0.29) is 17.5 Å². The van der Waals surface area contributed by atoms with E-state index in [0.717, 1.165) is 13.1 Å². The summed E-state index contributed by atoms with van der Waals surface area (Å²) < 4.78 is 14.0. The van der Waals surface area contributed by atoms with Gasteiger partial charge in [-0.05, 0) is 23.3 Å². The zero-order valence-corrected chi connectivity index (χ0v) is 15.7. The molecule has 4 heteroatoms. The number of amides is 1. The molecule has 3 nitrogen and oxygen atoms in total. The van der Waals surface area contributed by atoms with Crippen LogP contribution in [0.15, 0.2) is 84.9 Å². The van der Waals surface area contributed by atoms with Gasteiger partial charge in [0.05, 0.1) is 11.6 Å². The van der Waals surface area contributed by atoms with Crippen molar-refractivity contribution in [1.82, 2.24) is 9.80 Å². The number of hydrogen-bond acceptors (Lipinski definition) is 2. The first-order valence-corrected chi connectivity index (χ1v) is 9.62. The van der Waals surface area contributed by atoms with Crippen LogP contribution in [0.2, 0.25) is 0 Å². The molecule has 3 aromatic carbocycles. The average molecular weight is 374 g/mol. The van der Waals surface area contributed by atoms with Crippen molar-refractivity contribution in [3.8, 4) is 0 Å². The van der Waals surface area contributed by atoms with Crippen molar-refractivity contribution in [2.75, 3.05) is 26.2 Å². The molecule has 0 N–H and O–H groups in total. The number of piperazine rings is 1. The third kappa shape index (κ3) is 3.82. The first-order chi connectivity index (χ1) is 13.7. The highest BCUT2D eigenvalue weighted by molar-refractivity contribution is 5.94. The molecule has 1 amide bonds. The van der Waals surface area contributed by atoms with Crippen molar-refractivity contribution < 1.29 is 9.18 Å². The maximum absolute atomic E-state index is 14.0. The molecule has 142 valence electrons. The van der Waals surface area contributed by atoms with E-state index in [1.54, 1.807) is 23.1 Å². The van der Waals surface area contributed by atoms with Crippen molar-refractivity contribution in [2.24, 2.45) is 0 Å². The van der Waals surface area contributed by atoms with Gasteiger partial charge in [-0.25, -0.2) is 4.39 Å².